The average molecular weight is 294 g/mol. The topological polar surface area (TPSA) is 149 Å². The van der Waals surface area contributed by atoms with Crippen LogP contribution in [0.2, 0.25) is 0 Å². The van der Waals surface area contributed by atoms with Gasteiger partial charge >= 0.3 is 11.9 Å². The molecule has 0 amide bonds. The molecule has 1 aliphatic heterocycles. The Morgan fingerprint density at radius 3 is 2.55 bits per heavy atom. The first-order valence-electron chi connectivity index (χ1n) is 5.94. The van der Waals surface area contributed by atoms with Crippen LogP contribution in [0.1, 0.15) is 12.8 Å². The van der Waals surface area contributed by atoms with Crippen LogP contribution in [0.15, 0.2) is 0 Å². The molecule has 0 spiro atoms. The second-order valence-corrected chi connectivity index (χ2v) is 4.28. The van der Waals surface area contributed by atoms with E-state index in [2.05, 4.69) is 10.2 Å². The highest BCUT2D eigenvalue weighted by Gasteiger charge is 2.37. The SMILES string of the molecule is O=C(O)CC(NC1OCN1C(CO)CCOO)C(=O)O. The first-order valence-corrected chi connectivity index (χ1v) is 5.94. The zero-order chi connectivity index (χ0) is 15.1. The summed E-state index contributed by atoms with van der Waals surface area (Å²) in [6.07, 6.45) is -1.08. The second-order valence-electron chi connectivity index (χ2n) is 4.28. The molecular formula is C10H18N2O8. The Hall–Kier alpha value is -1.30. The molecule has 10 nitrogen and oxygen atoms in total. The molecule has 0 aromatic rings. The summed E-state index contributed by atoms with van der Waals surface area (Å²) in [7, 11) is 0. The first kappa shape index (κ1) is 16.8. The Labute approximate surface area is 114 Å². The van der Waals surface area contributed by atoms with Gasteiger partial charge in [0.25, 0.3) is 0 Å². The number of aliphatic carboxylic acids is 2. The van der Waals surface area contributed by atoms with Crippen LogP contribution in [0.4, 0.5) is 0 Å². The van der Waals surface area contributed by atoms with E-state index in [1.807, 2.05) is 0 Å². The van der Waals surface area contributed by atoms with Crippen molar-refractivity contribution in [2.75, 3.05) is 19.9 Å². The number of aliphatic hydroxyl groups is 1. The van der Waals surface area contributed by atoms with Gasteiger partial charge in [0.2, 0.25) is 0 Å². The van der Waals surface area contributed by atoms with Gasteiger partial charge in [0, 0.05) is 6.04 Å². The number of carboxylic acids is 2. The van der Waals surface area contributed by atoms with E-state index in [0.29, 0.717) is 6.42 Å². The number of aliphatic hydroxyl groups excluding tert-OH is 1. The van der Waals surface area contributed by atoms with Crippen molar-refractivity contribution in [1.82, 2.24) is 10.2 Å². The van der Waals surface area contributed by atoms with Gasteiger partial charge in [-0.3, -0.25) is 20.2 Å². The van der Waals surface area contributed by atoms with E-state index in [4.69, 9.17) is 20.2 Å². The summed E-state index contributed by atoms with van der Waals surface area (Å²) < 4.78 is 5.11. The molecule has 116 valence electrons. The van der Waals surface area contributed by atoms with E-state index >= 15 is 0 Å². The summed E-state index contributed by atoms with van der Waals surface area (Å²) >= 11 is 0. The third kappa shape index (κ3) is 4.67. The summed E-state index contributed by atoms with van der Waals surface area (Å²) in [6.45, 7) is -0.0682. The average Bonchev–Trinajstić information content (AvgIpc) is 2.36. The molecule has 3 atom stereocenters. The van der Waals surface area contributed by atoms with Crippen molar-refractivity contribution in [2.45, 2.75) is 31.3 Å². The van der Waals surface area contributed by atoms with E-state index < -0.39 is 36.8 Å². The zero-order valence-electron chi connectivity index (χ0n) is 10.6. The van der Waals surface area contributed by atoms with Crippen LogP contribution in [0.3, 0.4) is 0 Å². The van der Waals surface area contributed by atoms with Gasteiger partial charge in [-0.15, -0.1) is 0 Å². The third-order valence-electron chi connectivity index (χ3n) is 2.93. The van der Waals surface area contributed by atoms with E-state index in [0.717, 1.165) is 0 Å². The molecule has 1 fully saturated rings. The van der Waals surface area contributed by atoms with Crippen LogP contribution >= 0.6 is 0 Å². The Balaban J connectivity index is 2.53. The predicted molar refractivity (Wildman–Crippen MR) is 62.5 cm³/mol. The lowest BCUT2D eigenvalue weighted by molar-refractivity contribution is -0.273. The van der Waals surface area contributed by atoms with Crippen molar-refractivity contribution in [3.8, 4) is 0 Å². The quantitative estimate of drug-likeness (QED) is 0.233. The van der Waals surface area contributed by atoms with Crippen LogP contribution in [0.5, 0.6) is 0 Å². The molecule has 1 saturated heterocycles. The van der Waals surface area contributed by atoms with Gasteiger partial charge in [-0.25, -0.2) is 9.79 Å². The smallest absolute Gasteiger partial charge is 0.321 e. The second kappa shape index (κ2) is 8.09. The first-order chi connectivity index (χ1) is 9.49. The normalized spacial score (nSPS) is 22.0. The maximum absolute atomic E-state index is 10.9. The Morgan fingerprint density at radius 1 is 1.45 bits per heavy atom. The van der Waals surface area contributed by atoms with Gasteiger partial charge in [0.15, 0.2) is 6.35 Å². The molecule has 0 aromatic heterocycles. The van der Waals surface area contributed by atoms with Crippen molar-refractivity contribution in [2.24, 2.45) is 0 Å². The van der Waals surface area contributed by atoms with Crippen molar-refractivity contribution >= 4 is 11.9 Å². The van der Waals surface area contributed by atoms with Crippen LogP contribution < -0.4 is 5.32 Å². The van der Waals surface area contributed by atoms with Crippen LogP contribution in [-0.2, 0) is 19.2 Å². The van der Waals surface area contributed by atoms with E-state index in [-0.39, 0.29) is 19.9 Å². The van der Waals surface area contributed by atoms with Crippen molar-refractivity contribution in [3.63, 3.8) is 0 Å². The number of nitrogens with one attached hydrogen (secondary N) is 1. The standard InChI is InChI=1S/C10H18N2O8/c13-4-6(1-2-20-18)12-5-19-10(12)11-7(9(16)17)3-8(14)15/h6-7,10-11,13,18H,1-5H2,(H,14,15)(H,16,17). The molecule has 0 radical (unpaired) electrons. The van der Waals surface area contributed by atoms with Crippen molar-refractivity contribution < 1.29 is 39.8 Å². The minimum atomic E-state index is -1.30. The van der Waals surface area contributed by atoms with Gasteiger partial charge in [-0.05, 0) is 6.42 Å². The van der Waals surface area contributed by atoms with Gasteiger partial charge in [0.1, 0.15) is 12.8 Å². The molecule has 20 heavy (non-hydrogen) atoms. The summed E-state index contributed by atoms with van der Waals surface area (Å²) in [4.78, 5) is 27.0. The number of rotatable bonds is 10. The molecule has 0 aliphatic carbocycles. The van der Waals surface area contributed by atoms with Crippen molar-refractivity contribution in [1.29, 1.82) is 0 Å². The summed E-state index contributed by atoms with van der Waals surface area (Å²) in [5.74, 6) is -2.55. The molecule has 1 heterocycles. The largest absolute Gasteiger partial charge is 0.481 e. The maximum atomic E-state index is 10.9. The fourth-order valence-corrected chi connectivity index (χ4v) is 1.79. The predicted octanol–water partition coefficient (Wildman–Crippen LogP) is -1.68. The third-order valence-corrected chi connectivity index (χ3v) is 2.93. The maximum Gasteiger partial charge on any atom is 0.321 e. The molecule has 0 bridgehead atoms. The highest BCUT2D eigenvalue weighted by Crippen LogP contribution is 2.18. The zero-order valence-corrected chi connectivity index (χ0v) is 10.6. The fraction of sp³-hybridized carbons (Fsp3) is 0.800. The Morgan fingerprint density at radius 2 is 2.15 bits per heavy atom. The van der Waals surface area contributed by atoms with Crippen molar-refractivity contribution in [3.05, 3.63) is 0 Å². The number of hydrogen-bond donors (Lipinski definition) is 5. The molecule has 10 heteroatoms. The molecule has 1 rings (SSSR count). The van der Waals surface area contributed by atoms with Crippen LogP contribution in [-0.4, -0.2) is 75.8 Å². The van der Waals surface area contributed by atoms with Crippen LogP contribution in [0.25, 0.3) is 0 Å². The van der Waals surface area contributed by atoms with Gasteiger partial charge in [0.05, 0.1) is 19.6 Å². The lowest BCUT2D eigenvalue weighted by Gasteiger charge is -2.45. The number of carboxylic acid groups (broad SMARTS) is 2. The molecule has 0 saturated carbocycles. The van der Waals surface area contributed by atoms with Crippen LogP contribution in [0, 0.1) is 0 Å². The summed E-state index contributed by atoms with van der Waals surface area (Å²) in [5.41, 5.74) is 0. The highest BCUT2D eigenvalue weighted by atomic mass is 17.1. The molecule has 1 aliphatic rings. The number of hydrogen-bond acceptors (Lipinski definition) is 8. The molecule has 3 unspecified atom stereocenters. The minimum Gasteiger partial charge on any atom is -0.481 e. The van der Waals surface area contributed by atoms with Gasteiger partial charge in [-0.2, -0.15) is 0 Å². The monoisotopic (exact) mass is 294 g/mol. The number of nitrogens with zero attached hydrogens (tertiary/aromatic N) is 1. The number of carbonyl (C=O) groups is 2. The van der Waals surface area contributed by atoms with E-state index in [9.17, 15) is 14.7 Å². The molecule has 0 aromatic carbocycles. The Bertz CT molecular complexity index is 339. The lowest BCUT2D eigenvalue weighted by Crippen LogP contribution is -2.65. The highest BCUT2D eigenvalue weighted by molar-refractivity contribution is 5.80. The summed E-state index contributed by atoms with van der Waals surface area (Å²) in [5, 5.41) is 37.6. The minimum absolute atomic E-state index is 0.00588. The van der Waals surface area contributed by atoms with Gasteiger partial charge < -0.3 is 20.1 Å². The molecular weight excluding hydrogens is 276 g/mol. The van der Waals surface area contributed by atoms with E-state index in [1.165, 1.54) is 0 Å². The van der Waals surface area contributed by atoms with Gasteiger partial charge in [-0.1, -0.05) is 0 Å². The van der Waals surface area contributed by atoms with E-state index in [1.54, 1.807) is 4.90 Å². The summed E-state index contributed by atoms with van der Waals surface area (Å²) in [6, 6.07) is -1.69. The molecule has 5 N–H and O–H groups in total. The number of ether oxygens (including phenoxy) is 1. The lowest BCUT2D eigenvalue weighted by atomic mass is 10.2. The fourth-order valence-electron chi connectivity index (χ4n) is 1.79. The Kier molecular flexibility index (Phi) is 6.78.